The first kappa shape index (κ1) is 15.6. The Morgan fingerprint density at radius 3 is 2.86 bits per heavy atom. The summed E-state index contributed by atoms with van der Waals surface area (Å²) in [7, 11) is 0. The highest BCUT2D eigenvalue weighted by Gasteiger charge is 2.21. The van der Waals surface area contributed by atoms with E-state index in [4.69, 9.17) is 20.4 Å². The van der Waals surface area contributed by atoms with Gasteiger partial charge in [-0.05, 0) is 24.3 Å². The zero-order valence-corrected chi connectivity index (χ0v) is 11.8. The van der Waals surface area contributed by atoms with Crippen molar-refractivity contribution in [2.45, 2.75) is 6.04 Å². The van der Waals surface area contributed by atoms with E-state index >= 15 is 0 Å². The average Bonchev–Trinajstić information content (AvgIpc) is 2.55. The first-order valence-corrected chi connectivity index (χ1v) is 6.88. The van der Waals surface area contributed by atoms with Crippen LogP contribution in [-0.4, -0.2) is 66.6 Å². The van der Waals surface area contributed by atoms with Crippen LogP contribution in [0.1, 0.15) is 5.56 Å². The van der Waals surface area contributed by atoms with Crippen LogP contribution in [0.25, 0.3) is 0 Å². The molecule has 2 rings (SSSR count). The summed E-state index contributed by atoms with van der Waals surface area (Å²) < 4.78 is 11.0. The predicted octanol–water partition coefficient (Wildman–Crippen LogP) is -0.147. The van der Waals surface area contributed by atoms with Crippen LogP contribution in [0.4, 0.5) is 0 Å². The molecule has 0 saturated carbocycles. The average molecular weight is 295 g/mol. The van der Waals surface area contributed by atoms with Gasteiger partial charge in [-0.25, -0.2) is 0 Å². The SMILES string of the molecule is N/C(=N/O)c1ccc(OCCN2CCOCC2CO)cc1. The van der Waals surface area contributed by atoms with Gasteiger partial charge >= 0.3 is 0 Å². The molecule has 0 aliphatic carbocycles. The van der Waals surface area contributed by atoms with Crippen LogP contribution in [0.2, 0.25) is 0 Å². The molecule has 1 saturated heterocycles. The molecule has 21 heavy (non-hydrogen) atoms. The largest absolute Gasteiger partial charge is 0.492 e. The summed E-state index contributed by atoms with van der Waals surface area (Å²) in [5.41, 5.74) is 6.13. The maximum atomic E-state index is 9.28. The van der Waals surface area contributed by atoms with Gasteiger partial charge in [0.25, 0.3) is 0 Å². The standard InChI is InChI=1S/C14H21N3O4/c15-14(16-19)11-1-3-13(4-2-11)21-8-6-17-5-7-20-10-12(17)9-18/h1-4,12,18-19H,5-10H2,(H2,15,16). The van der Waals surface area contributed by atoms with Crippen LogP contribution in [0.5, 0.6) is 5.75 Å². The van der Waals surface area contributed by atoms with Crippen molar-refractivity contribution < 1.29 is 19.8 Å². The van der Waals surface area contributed by atoms with E-state index in [9.17, 15) is 5.11 Å². The van der Waals surface area contributed by atoms with Gasteiger partial charge in [0.05, 0.1) is 25.9 Å². The molecule has 0 bridgehead atoms. The van der Waals surface area contributed by atoms with E-state index < -0.39 is 0 Å². The first-order valence-electron chi connectivity index (χ1n) is 6.88. The second kappa shape index (κ2) is 7.82. The van der Waals surface area contributed by atoms with E-state index in [1.165, 1.54) is 0 Å². The molecule has 0 radical (unpaired) electrons. The summed E-state index contributed by atoms with van der Waals surface area (Å²) in [5.74, 6) is 0.791. The predicted molar refractivity (Wildman–Crippen MR) is 77.7 cm³/mol. The monoisotopic (exact) mass is 295 g/mol. The van der Waals surface area contributed by atoms with Gasteiger partial charge < -0.3 is 25.5 Å². The summed E-state index contributed by atoms with van der Waals surface area (Å²) in [6.07, 6.45) is 0. The molecule has 0 amide bonds. The summed E-state index contributed by atoms with van der Waals surface area (Å²) >= 11 is 0. The third kappa shape index (κ3) is 4.32. The lowest BCUT2D eigenvalue weighted by molar-refractivity contribution is -0.0312. The van der Waals surface area contributed by atoms with E-state index in [-0.39, 0.29) is 18.5 Å². The Morgan fingerprint density at radius 2 is 2.19 bits per heavy atom. The van der Waals surface area contributed by atoms with Crippen molar-refractivity contribution in [3.05, 3.63) is 29.8 Å². The number of hydrogen-bond donors (Lipinski definition) is 3. The minimum absolute atomic E-state index is 0.0466. The molecule has 0 aromatic heterocycles. The zero-order valence-electron chi connectivity index (χ0n) is 11.8. The lowest BCUT2D eigenvalue weighted by atomic mass is 10.2. The van der Waals surface area contributed by atoms with Crippen molar-refractivity contribution in [1.82, 2.24) is 4.90 Å². The van der Waals surface area contributed by atoms with Gasteiger partial charge in [-0.3, -0.25) is 4.90 Å². The van der Waals surface area contributed by atoms with Gasteiger partial charge in [0.2, 0.25) is 0 Å². The lowest BCUT2D eigenvalue weighted by Gasteiger charge is -2.34. The second-order valence-corrected chi connectivity index (χ2v) is 4.81. The highest BCUT2D eigenvalue weighted by molar-refractivity contribution is 5.97. The quantitative estimate of drug-likeness (QED) is 0.292. The number of nitrogens with zero attached hydrogens (tertiary/aromatic N) is 2. The van der Waals surface area contributed by atoms with Crippen molar-refractivity contribution in [1.29, 1.82) is 0 Å². The van der Waals surface area contributed by atoms with E-state index in [1.54, 1.807) is 24.3 Å². The third-order valence-corrected chi connectivity index (χ3v) is 3.47. The van der Waals surface area contributed by atoms with Crippen LogP contribution in [0.15, 0.2) is 29.4 Å². The van der Waals surface area contributed by atoms with Gasteiger partial charge in [-0.1, -0.05) is 5.16 Å². The number of morpholine rings is 1. The van der Waals surface area contributed by atoms with Crippen molar-refractivity contribution in [2.24, 2.45) is 10.9 Å². The van der Waals surface area contributed by atoms with Gasteiger partial charge in [0.1, 0.15) is 12.4 Å². The molecule has 4 N–H and O–H groups in total. The maximum Gasteiger partial charge on any atom is 0.170 e. The molecule has 7 heteroatoms. The topological polar surface area (TPSA) is 101 Å². The Morgan fingerprint density at radius 1 is 1.43 bits per heavy atom. The third-order valence-electron chi connectivity index (χ3n) is 3.47. The Kier molecular flexibility index (Phi) is 5.79. The molecule has 1 aromatic carbocycles. The van der Waals surface area contributed by atoms with Crippen molar-refractivity contribution in [2.75, 3.05) is 39.5 Å². The lowest BCUT2D eigenvalue weighted by Crippen LogP contribution is -2.48. The molecule has 0 spiro atoms. The Balaban J connectivity index is 1.80. The van der Waals surface area contributed by atoms with Crippen LogP contribution in [0.3, 0.4) is 0 Å². The molecule has 1 heterocycles. The molecule has 1 aromatic rings. The number of rotatable bonds is 6. The number of aliphatic hydroxyl groups is 1. The summed E-state index contributed by atoms with van der Waals surface area (Å²) in [5, 5.41) is 20.8. The van der Waals surface area contributed by atoms with Gasteiger partial charge in [0, 0.05) is 18.7 Å². The Bertz CT molecular complexity index is 464. The van der Waals surface area contributed by atoms with E-state index in [0.29, 0.717) is 25.4 Å². The van der Waals surface area contributed by atoms with Crippen LogP contribution < -0.4 is 10.5 Å². The van der Waals surface area contributed by atoms with Crippen LogP contribution >= 0.6 is 0 Å². The van der Waals surface area contributed by atoms with Gasteiger partial charge in [-0.2, -0.15) is 0 Å². The second-order valence-electron chi connectivity index (χ2n) is 4.81. The van der Waals surface area contributed by atoms with E-state index in [1.807, 2.05) is 0 Å². The van der Waals surface area contributed by atoms with Crippen LogP contribution in [0, 0.1) is 0 Å². The zero-order chi connectivity index (χ0) is 15.1. The molecule has 1 atom stereocenters. The molecule has 1 unspecified atom stereocenters. The number of ether oxygens (including phenoxy) is 2. The smallest absolute Gasteiger partial charge is 0.170 e. The molecule has 7 nitrogen and oxygen atoms in total. The van der Waals surface area contributed by atoms with Crippen molar-refractivity contribution in [3.8, 4) is 5.75 Å². The number of aliphatic hydroxyl groups excluding tert-OH is 1. The fraction of sp³-hybridized carbons (Fsp3) is 0.500. The van der Waals surface area contributed by atoms with Gasteiger partial charge in [0.15, 0.2) is 5.84 Å². The molecule has 1 aliphatic rings. The minimum atomic E-state index is 0.0466. The molecule has 116 valence electrons. The van der Waals surface area contributed by atoms with E-state index in [2.05, 4.69) is 10.1 Å². The number of hydrogen-bond acceptors (Lipinski definition) is 6. The molecule has 1 aliphatic heterocycles. The van der Waals surface area contributed by atoms with E-state index in [0.717, 1.165) is 18.8 Å². The summed E-state index contributed by atoms with van der Waals surface area (Å²) in [6, 6.07) is 7.06. The summed E-state index contributed by atoms with van der Waals surface area (Å²) in [6.45, 7) is 3.40. The molecular formula is C14H21N3O4. The Labute approximate surface area is 123 Å². The normalized spacial score (nSPS) is 20.4. The molecule has 1 fully saturated rings. The maximum absolute atomic E-state index is 9.28. The number of benzene rings is 1. The highest BCUT2D eigenvalue weighted by Crippen LogP contribution is 2.13. The van der Waals surface area contributed by atoms with Gasteiger partial charge in [-0.15, -0.1) is 0 Å². The highest BCUT2D eigenvalue weighted by atomic mass is 16.5. The number of oxime groups is 1. The summed E-state index contributed by atoms with van der Waals surface area (Å²) in [4.78, 5) is 2.16. The van der Waals surface area contributed by atoms with Crippen molar-refractivity contribution >= 4 is 5.84 Å². The fourth-order valence-corrected chi connectivity index (χ4v) is 2.21. The minimum Gasteiger partial charge on any atom is -0.492 e. The number of nitrogens with two attached hydrogens (primary N) is 1. The first-order chi connectivity index (χ1) is 10.2. The van der Waals surface area contributed by atoms with Crippen molar-refractivity contribution in [3.63, 3.8) is 0 Å². The Hall–Kier alpha value is -1.83. The number of amidine groups is 1. The molecular weight excluding hydrogens is 274 g/mol. The van der Waals surface area contributed by atoms with Crippen LogP contribution in [-0.2, 0) is 4.74 Å². The fourth-order valence-electron chi connectivity index (χ4n) is 2.21.